The van der Waals surface area contributed by atoms with Crippen molar-refractivity contribution in [2.45, 2.75) is 32.6 Å². The molecule has 2 aliphatic carbocycles. The van der Waals surface area contributed by atoms with Gasteiger partial charge in [-0.15, -0.1) is 0 Å². The third-order valence-electron chi connectivity index (χ3n) is 13.4. The average molecular weight is 823 g/mol. The molecule has 1 unspecified atom stereocenters. The van der Waals surface area contributed by atoms with E-state index in [1.54, 1.807) is 0 Å². The van der Waals surface area contributed by atoms with Gasteiger partial charge in [0.15, 0.2) is 0 Å². The molecule has 2 nitrogen and oxygen atoms in total. The van der Waals surface area contributed by atoms with Crippen LogP contribution >= 0.6 is 0 Å². The summed E-state index contributed by atoms with van der Waals surface area (Å²) in [6, 6.07) is 77.8. The summed E-state index contributed by atoms with van der Waals surface area (Å²) in [5, 5.41) is 2.53. The van der Waals surface area contributed by atoms with Crippen LogP contribution in [0.2, 0.25) is 0 Å². The van der Waals surface area contributed by atoms with Crippen LogP contribution < -0.4 is 9.80 Å². The van der Waals surface area contributed by atoms with Crippen LogP contribution in [0.4, 0.5) is 28.4 Å². The number of fused-ring (bicyclic) bond motifs is 4. The van der Waals surface area contributed by atoms with E-state index in [1.807, 2.05) is 0 Å². The molecule has 0 aromatic heterocycles. The number of anilines is 5. The predicted molar refractivity (Wildman–Crippen MR) is 272 cm³/mol. The van der Waals surface area contributed by atoms with Gasteiger partial charge >= 0.3 is 0 Å². The SMILES string of the molecule is CC1C=CC(N(c2ccc(-c3cccc4ccccc34)cc2)c2ccc3c(c2)C(C)(C)c2cc(N(c4ccccc4)c4ccc(-c5ccc(-c6ccccc6)cc5)cc4)ccc2-3)=CC1. The third-order valence-corrected chi connectivity index (χ3v) is 13.4. The second-order valence-corrected chi connectivity index (χ2v) is 17.9. The minimum absolute atomic E-state index is 0.232. The number of benzene rings is 9. The summed E-state index contributed by atoms with van der Waals surface area (Å²) in [7, 11) is 0. The lowest BCUT2D eigenvalue weighted by molar-refractivity contribution is 0.660. The van der Waals surface area contributed by atoms with Crippen LogP contribution in [-0.2, 0) is 5.41 Å². The first-order valence-corrected chi connectivity index (χ1v) is 22.6. The van der Waals surface area contributed by atoms with Gasteiger partial charge in [0.05, 0.1) is 0 Å². The van der Waals surface area contributed by atoms with Crippen molar-refractivity contribution >= 4 is 39.2 Å². The molecule has 1 atom stereocenters. The lowest BCUT2D eigenvalue weighted by Gasteiger charge is -2.30. The Balaban J connectivity index is 0.930. The minimum atomic E-state index is -0.232. The Labute approximate surface area is 377 Å². The molecule has 9 aromatic rings. The van der Waals surface area contributed by atoms with Gasteiger partial charge in [-0.3, -0.25) is 0 Å². The fourth-order valence-corrected chi connectivity index (χ4v) is 9.90. The second kappa shape index (κ2) is 16.2. The Morgan fingerprint density at radius 2 is 0.875 bits per heavy atom. The van der Waals surface area contributed by atoms with E-state index in [0.717, 1.165) is 29.2 Å². The first kappa shape index (κ1) is 39.2. The molecule has 9 aromatic carbocycles. The lowest BCUT2D eigenvalue weighted by Crippen LogP contribution is -2.19. The van der Waals surface area contributed by atoms with Gasteiger partial charge in [-0.2, -0.15) is 0 Å². The van der Waals surface area contributed by atoms with Crippen molar-refractivity contribution in [1.82, 2.24) is 0 Å². The molecule has 0 saturated carbocycles. The first-order chi connectivity index (χ1) is 31.4. The topological polar surface area (TPSA) is 6.48 Å². The van der Waals surface area contributed by atoms with Crippen LogP contribution in [0.5, 0.6) is 0 Å². The Morgan fingerprint density at radius 3 is 1.48 bits per heavy atom. The standard InChI is InChI=1S/C62H50N2/c1-43-21-31-51(32-22-43)64(53-35-29-49(30-36-53)57-20-12-16-48-15-10-11-19-56(48)57)55-38-40-59-58-39-37-54(41-60(58)62(2,3)61(59)42-55)63(50-17-8-5-9-18-50)52-33-27-47(28-34-52)46-25-23-45(24-26-46)44-13-6-4-7-14-44/h4-21,23-43H,22H2,1-3H3. The largest absolute Gasteiger partial charge is 0.311 e. The van der Waals surface area contributed by atoms with Gasteiger partial charge in [-0.1, -0.05) is 185 Å². The number of para-hydroxylation sites is 1. The molecule has 0 N–H and O–H groups in total. The molecule has 308 valence electrons. The van der Waals surface area contributed by atoms with Crippen molar-refractivity contribution < 1.29 is 0 Å². The molecular weight excluding hydrogens is 773 g/mol. The normalized spacial score (nSPS) is 14.7. The van der Waals surface area contributed by atoms with Crippen LogP contribution in [0.1, 0.15) is 38.3 Å². The van der Waals surface area contributed by atoms with Crippen LogP contribution in [0.15, 0.2) is 236 Å². The van der Waals surface area contributed by atoms with E-state index in [4.69, 9.17) is 0 Å². The van der Waals surface area contributed by atoms with E-state index in [9.17, 15) is 0 Å². The van der Waals surface area contributed by atoms with E-state index in [-0.39, 0.29) is 5.41 Å². The van der Waals surface area contributed by atoms with Crippen LogP contribution in [0.25, 0.3) is 55.3 Å². The smallest absolute Gasteiger partial charge is 0.0465 e. The van der Waals surface area contributed by atoms with E-state index in [2.05, 4.69) is 261 Å². The highest BCUT2D eigenvalue weighted by atomic mass is 15.2. The molecule has 0 spiro atoms. The number of rotatable bonds is 9. The maximum absolute atomic E-state index is 2.44. The van der Waals surface area contributed by atoms with Crippen molar-refractivity contribution in [3.8, 4) is 44.5 Å². The molecule has 0 aliphatic heterocycles. The zero-order valence-electron chi connectivity index (χ0n) is 36.6. The van der Waals surface area contributed by atoms with E-state index in [0.29, 0.717) is 5.92 Å². The summed E-state index contributed by atoms with van der Waals surface area (Å²) in [5.74, 6) is 0.521. The molecule has 64 heavy (non-hydrogen) atoms. The van der Waals surface area contributed by atoms with Crippen molar-refractivity contribution in [3.63, 3.8) is 0 Å². The molecule has 2 heteroatoms. The number of hydrogen-bond donors (Lipinski definition) is 0. The van der Waals surface area contributed by atoms with Crippen molar-refractivity contribution in [1.29, 1.82) is 0 Å². The predicted octanol–water partition coefficient (Wildman–Crippen LogP) is 17.2. The Hall–Kier alpha value is -7.68. The van der Waals surface area contributed by atoms with Gasteiger partial charge in [0.25, 0.3) is 0 Å². The average Bonchev–Trinajstić information content (AvgIpc) is 3.58. The molecule has 0 fully saturated rings. The Bertz CT molecular complexity index is 3190. The minimum Gasteiger partial charge on any atom is -0.311 e. The lowest BCUT2D eigenvalue weighted by atomic mass is 9.82. The zero-order valence-corrected chi connectivity index (χ0v) is 36.6. The van der Waals surface area contributed by atoms with Gasteiger partial charge in [0.1, 0.15) is 0 Å². The zero-order chi connectivity index (χ0) is 43.2. The van der Waals surface area contributed by atoms with Gasteiger partial charge in [0.2, 0.25) is 0 Å². The van der Waals surface area contributed by atoms with E-state index in [1.165, 1.54) is 77.8 Å². The second-order valence-electron chi connectivity index (χ2n) is 17.9. The van der Waals surface area contributed by atoms with Gasteiger partial charge in [-0.25, -0.2) is 0 Å². The number of allylic oxidation sites excluding steroid dienone is 3. The van der Waals surface area contributed by atoms with E-state index >= 15 is 0 Å². The van der Waals surface area contributed by atoms with Gasteiger partial charge in [-0.05, 0) is 145 Å². The Kier molecular flexibility index (Phi) is 9.93. The van der Waals surface area contributed by atoms with Crippen molar-refractivity contribution in [2.75, 3.05) is 9.80 Å². The summed E-state index contributed by atoms with van der Waals surface area (Å²) in [4.78, 5) is 4.83. The van der Waals surface area contributed by atoms with Crippen LogP contribution in [-0.4, -0.2) is 0 Å². The molecule has 0 saturated heterocycles. The molecule has 0 radical (unpaired) electrons. The highest BCUT2D eigenvalue weighted by Crippen LogP contribution is 2.52. The summed E-state index contributed by atoms with van der Waals surface area (Å²) in [6.07, 6.45) is 8.06. The molecule has 0 amide bonds. The fourth-order valence-electron chi connectivity index (χ4n) is 9.90. The van der Waals surface area contributed by atoms with Crippen LogP contribution in [0.3, 0.4) is 0 Å². The highest BCUT2D eigenvalue weighted by molar-refractivity contribution is 5.97. The summed E-state index contributed by atoms with van der Waals surface area (Å²) >= 11 is 0. The monoisotopic (exact) mass is 822 g/mol. The number of hydrogen-bond acceptors (Lipinski definition) is 2. The summed E-state index contributed by atoms with van der Waals surface area (Å²) in [6.45, 7) is 7.07. The molecule has 0 heterocycles. The summed E-state index contributed by atoms with van der Waals surface area (Å²) in [5.41, 5.74) is 19.3. The maximum atomic E-state index is 2.44. The molecule has 11 rings (SSSR count). The highest BCUT2D eigenvalue weighted by Gasteiger charge is 2.37. The fraction of sp³-hybridized carbons (Fsp3) is 0.0968. The van der Waals surface area contributed by atoms with Gasteiger partial charge in [0, 0.05) is 39.5 Å². The Morgan fingerprint density at radius 1 is 0.406 bits per heavy atom. The van der Waals surface area contributed by atoms with Crippen LogP contribution in [0, 0.1) is 5.92 Å². The maximum Gasteiger partial charge on any atom is 0.0465 e. The third kappa shape index (κ3) is 7.12. The van der Waals surface area contributed by atoms with Crippen molar-refractivity contribution in [2.24, 2.45) is 5.92 Å². The molecular formula is C62H50N2. The molecule has 2 aliphatic rings. The first-order valence-electron chi connectivity index (χ1n) is 22.6. The van der Waals surface area contributed by atoms with Crippen molar-refractivity contribution in [3.05, 3.63) is 247 Å². The number of nitrogens with zero attached hydrogens (tertiary/aromatic N) is 2. The molecule has 0 bridgehead atoms. The summed E-state index contributed by atoms with van der Waals surface area (Å²) < 4.78 is 0. The van der Waals surface area contributed by atoms with E-state index < -0.39 is 0 Å². The van der Waals surface area contributed by atoms with Gasteiger partial charge < -0.3 is 9.80 Å². The quantitative estimate of drug-likeness (QED) is 0.143.